The zero-order valence-corrected chi connectivity index (χ0v) is 14.4. The molecule has 1 N–H and O–H groups in total. The lowest BCUT2D eigenvalue weighted by atomic mass is 9.83. The number of ether oxygens (including phenoxy) is 1. The number of carbonyl (C=O) groups excluding carboxylic acids is 1. The highest BCUT2D eigenvalue weighted by Gasteiger charge is 2.24. The zero-order valence-electron chi connectivity index (χ0n) is 14.4. The molecule has 1 atom stereocenters. The Kier molecular flexibility index (Phi) is 4.83. The molecule has 1 aliphatic heterocycles. The van der Waals surface area contributed by atoms with E-state index in [0.717, 1.165) is 38.9 Å². The number of hydrogen-bond acceptors (Lipinski definition) is 4. The van der Waals surface area contributed by atoms with E-state index in [-0.39, 0.29) is 11.8 Å². The molecule has 0 bridgehead atoms. The summed E-state index contributed by atoms with van der Waals surface area (Å²) in [6, 6.07) is 8.55. The van der Waals surface area contributed by atoms with E-state index >= 15 is 0 Å². The number of oxazole rings is 1. The Morgan fingerprint density at radius 1 is 1.20 bits per heavy atom. The minimum absolute atomic E-state index is 0.148. The second-order valence-electron chi connectivity index (χ2n) is 6.96. The van der Waals surface area contributed by atoms with Gasteiger partial charge in [0.1, 0.15) is 6.26 Å². The quantitative estimate of drug-likeness (QED) is 0.926. The first-order chi connectivity index (χ1) is 12.3. The van der Waals surface area contributed by atoms with Gasteiger partial charge in [-0.15, -0.1) is 0 Å². The Balaban J connectivity index is 1.37. The number of rotatable bonds is 4. The van der Waals surface area contributed by atoms with Gasteiger partial charge in [-0.2, -0.15) is 0 Å². The zero-order chi connectivity index (χ0) is 17.1. The third kappa shape index (κ3) is 3.61. The molecular weight excluding hydrogens is 316 g/mol. The Labute approximate surface area is 147 Å². The van der Waals surface area contributed by atoms with E-state index in [2.05, 4.69) is 34.6 Å². The molecule has 1 aromatic carbocycles. The van der Waals surface area contributed by atoms with Crippen LogP contribution in [0.3, 0.4) is 0 Å². The number of carbonyl (C=O) groups is 1. The smallest absolute Gasteiger partial charge is 0.273 e. The van der Waals surface area contributed by atoms with E-state index in [0.29, 0.717) is 24.0 Å². The molecule has 132 valence electrons. The maximum atomic E-state index is 12.4. The summed E-state index contributed by atoms with van der Waals surface area (Å²) in [5, 5.41) is 3.04. The van der Waals surface area contributed by atoms with Crippen LogP contribution < -0.4 is 5.32 Å². The van der Waals surface area contributed by atoms with Crippen molar-refractivity contribution in [3.8, 4) is 0 Å². The van der Waals surface area contributed by atoms with Crippen LogP contribution in [-0.4, -0.2) is 30.6 Å². The van der Waals surface area contributed by atoms with Crippen molar-refractivity contribution in [2.45, 2.75) is 43.9 Å². The fourth-order valence-electron chi connectivity index (χ4n) is 3.90. The Hall–Kier alpha value is -2.14. The lowest BCUT2D eigenvalue weighted by molar-refractivity contribution is 0.0794. The van der Waals surface area contributed by atoms with Gasteiger partial charge in [-0.1, -0.05) is 24.3 Å². The van der Waals surface area contributed by atoms with Gasteiger partial charge in [0, 0.05) is 31.6 Å². The van der Waals surface area contributed by atoms with Crippen LogP contribution in [0.4, 0.5) is 0 Å². The van der Waals surface area contributed by atoms with E-state index in [4.69, 9.17) is 9.15 Å². The molecule has 5 heteroatoms. The topological polar surface area (TPSA) is 64.4 Å². The number of hydrogen-bond donors (Lipinski definition) is 1. The van der Waals surface area contributed by atoms with Crippen LogP contribution in [0, 0.1) is 0 Å². The van der Waals surface area contributed by atoms with Gasteiger partial charge in [-0.05, 0) is 43.2 Å². The highest BCUT2D eigenvalue weighted by Crippen LogP contribution is 2.31. The van der Waals surface area contributed by atoms with Gasteiger partial charge in [-0.3, -0.25) is 4.79 Å². The molecule has 1 aliphatic carbocycles. The monoisotopic (exact) mass is 340 g/mol. The van der Waals surface area contributed by atoms with E-state index in [1.54, 1.807) is 0 Å². The van der Waals surface area contributed by atoms with Crippen LogP contribution in [0.25, 0.3) is 0 Å². The maximum Gasteiger partial charge on any atom is 0.273 e. The van der Waals surface area contributed by atoms with Gasteiger partial charge in [0.25, 0.3) is 5.91 Å². The Morgan fingerprint density at radius 3 is 2.92 bits per heavy atom. The van der Waals surface area contributed by atoms with Crippen LogP contribution in [-0.2, 0) is 11.2 Å². The summed E-state index contributed by atoms with van der Waals surface area (Å²) < 4.78 is 10.9. The lowest BCUT2D eigenvalue weighted by Gasteiger charge is -2.25. The molecule has 2 aliphatic rings. The predicted molar refractivity (Wildman–Crippen MR) is 93.8 cm³/mol. The highest BCUT2D eigenvalue weighted by molar-refractivity contribution is 5.91. The van der Waals surface area contributed by atoms with Gasteiger partial charge in [0.2, 0.25) is 0 Å². The molecule has 0 saturated carbocycles. The summed E-state index contributed by atoms with van der Waals surface area (Å²) in [5.41, 5.74) is 3.17. The van der Waals surface area contributed by atoms with Crippen molar-refractivity contribution in [2.24, 2.45) is 0 Å². The standard InChI is InChI=1S/C20H24N2O3/c23-19(18-13-25-20(22-18)15-8-10-24-11-9-15)21-12-16-6-3-5-14-4-1-2-7-17(14)16/h1-2,4,7,13,15-16H,3,5-6,8-12H2,(H,21,23). The van der Waals surface area contributed by atoms with Crippen molar-refractivity contribution in [1.82, 2.24) is 10.3 Å². The molecule has 1 amide bonds. The molecule has 2 aromatic rings. The van der Waals surface area contributed by atoms with Crippen molar-refractivity contribution in [2.75, 3.05) is 19.8 Å². The maximum absolute atomic E-state index is 12.4. The minimum Gasteiger partial charge on any atom is -0.448 e. The van der Waals surface area contributed by atoms with Gasteiger partial charge in [-0.25, -0.2) is 4.98 Å². The first-order valence-electron chi connectivity index (χ1n) is 9.20. The molecule has 0 spiro atoms. The highest BCUT2D eigenvalue weighted by atomic mass is 16.5. The minimum atomic E-state index is -0.148. The van der Waals surface area contributed by atoms with Crippen molar-refractivity contribution in [3.63, 3.8) is 0 Å². The first-order valence-corrected chi connectivity index (χ1v) is 9.20. The summed E-state index contributed by atoms with van der Waals surface area (Å²) in [4.78, 5) is 16.8. The lowest BCUT2D eigenvalue weighted by Crippen LogP contribution is -2.30. The van der Waals surface area contributed by atoms with Crippen molar-refractivity contribution in [1.29, 1.82) is 0 Å². The number of aromatic nitrogens is 1. The number of fused-ring (bicyclic) bond motifs is 1. The third-order valence-electron chi connectivity index (χ3n) is 5.33. The SMILES string of the molecule is O=C(NCC1CCCc2ccccc21)c1coc(C2CCOCC2)n1. The number of benzene rings is 1. The molecule has 5 nitrogen and oxygen atoms in total. The largest absolute Gasteiger partial charge is 0.448 e. The molecule has 4 rings (SSSR count). The average molecular weight is 340 g/mol. The third-order valence-corrected chi connectivity index (χ3v) is 5.33. The molecule has 1 unspecified atom stereocenters. The molecule has 1 aromatic heterocycles. The normalized spacial score (nSPS) is 20.9. The first kappa shape index (κ1) is 16.3. The number of nitrogens with zero attached hydrogens (tertiary/aromatic N) is 1. The molecular formula is C20H24N2O3. The summed E-state index contributed by atoms with van der Waals surface area (Å²) in [6.45, 7) is 2.11. The van der Waals surface area contributed by atoms with Gasteiger partial charge < -0.3 is 14.5 Å². The fourth-order valence-corrected chi connectivity index (χ4v) is 3.90. The van der Waals surface area contributed by atoms with E-state index in [1.165, 1.54) is 23.8 Å². The summed E-state index contributed by atoms with van der Waals surface area (Å²) in [5.74, 6) is 1.16. The fraction of sp³-hybridized carbons (Fsp3) is 0.500. The number of nitrogens with one attached hydrogen (secondary N) is 1. The molecule has 1 saturated heterocycles. The Bertz CT molecular complexity index is 734. The second kappa shape index (κ2) is 7.40. The van der Waals surface area contributed by atoms with Crippen LogP contribution in [0.2, 0.25) is 0 Å². The van der Waals surface area contributed by atoms with Crippen LogP contribution in [0.5, 0.6) is 0 Å². The van der Waals surface area contributed by atoms with Crippen LogP contribution in [0.15, 0.2) is 34.9 Å². The van der Waals surface area contributed by atoms with Crippen molar-refractivity contribution in [3.05, 3.63) is 53.2 Å². The molecule has 2 heterocycles. The van der Waals surface area contributed by atoms with E-state index < -0.39 is 0 Å². The number of aryl methyl sites for hydroxylation is 1. The predicted octanol–water partition coefficient (Wildman–Crippen LogP) is 3.42. The Morgan fingerprint density at radius 2 is 2.04 bits per heavy atom. The number of amides is 1. The van der Waals surface area contributed by atoms with Gasteiger partial charge in [0.05, 0.1) is 0 Å². The van der Waals surface area contributed by atoms with E-state index in [9.17, 15) is 4.79 Å². The molecule has 25 heavy (non-hydrogen) atoms. The van der Waals surface area contributed by atoms with Crippen LogP contribution in [0.1, 0.15) is 65.0 Å². The van der Waals surface area contributed by atoms with E-state index in [1.807, 2.05) is 0 Å². The van der Waals surface area contributed by atoms with Crippen molar-refractivity contribution < 1.29 is 13.9 Å². The summed E-state index contributed by atoms with van der Waals surface area (Å²) >= 11 is 0. The molecule has 0 radical (unpaired) electrons. The second-order valence-corrected chi connectivity index (χ2v) is 6.96. The van der Waals surface area contributed by atoms with Gasteiger partial charge >= 0.3 is 0 Å². The molecule has 1 fully saturated rings. The van der Waals surface area contributed by atoms with Gasteiger partial charge in [0.15, 0.2) is 11.6 Å². The summed E-state index contributed by atoms with van der Waals surface area (Å²) in [7, 11) is 0. The van der Waals surface area contributed by atoms with Crippen molar-refractivity contribution >= 4 is 5.91 Å². The summed E-state index contributed by atoms with van der Waals surface area (Å²) in [6.07, 6.45) is 6.72. The average Bonchev–Trinajstić information content (AvgIpc) is 3.17. The van der Waals surface area contributed by atoms with Crippen LogP contribution >= 0.6 is 0 Å².